The Morgan fingerprint density at radius 3 is 2.36 bits per heavy atom. The maximum absolute atomic E-state index is 4.69. The fourth-order valence-electron chi connectivity index (χ4n) is 2.78. The molecule has 0 spiro atoms. The summed E-state index contributed by atoms with van der Waals surface area (Å²) in [6.45, 7) is 0. The average Bonchev–Trinajstić information content (AvgIpc) is 2.59. The molecule has 0 fully saturated rings. The van der Waals surface area contributed by atoms with Crippen LogP contribution in [-0.4, -0.2) is 9.97 Å². The third-order valence-electron chi connectivity index (χ3n) is 3.98. The number of aromatic nitrogens is 2. The number of fused-ring (bicyclic) bond motifs is 2. The Kier molecular flexibility index (Phi) is 3.28. The molecule has 0 atom stereocenters. The highest BCUT2D eigenvalue weighted by atomic mass is 14.8. The number of aryl methyl sites for hydroxylation is 2. The van der Waals surface area contributed by atoms with Crippen molar-refractivity contribution in [3.63, 3.8) is 0 Å². The molecule has 0 radical (unpaired) electrons. The van der Waals surface area contributed by atoms with E-state index in [9.17, 15) is 0 Å². The Hall–Kier alpha value is -2.74. The van der Waals surface area contributed by atoms with Gasteiger partial charge in [-0.1, -0.05) is 54.6 Å². The summed E-state index contributed by atoms with van der Waals surface area (Å²) in [6, 6.07) is 23.1. The second-order valence-electron chi connectivity index (χ2n) is 5.53. The van der Waals surface area contributed by atoms with Gasteiger partial charge in [-0.2, -0.15) is 0 Å². The lowest BCUT2D eigenvalue weighted by molar-refractivity contribution is 0.914. The van der Waals surface area contributed by atoms with Crippen LogP contribution in [-0.2, 0) is 12.8 Å². The fourth-order valence-corrected chi connectivity index (χ4v) is 2.78. The number of hydrogen-bond acceptors (Lipinski definition) is 2. The summed E-state index contributed by atoms with van der Waals surface area (Å²) in [5.41, 5.74) is 4.32. The number of benzene rings is 3. The number of hydrogen-bond donors (Lipinski definition) is 0. The van der Waals surface area contributed by atoms with Crippen molar-refractivity contribution in [2.24, 2.45) is 0 Å². The summed E-state index contributed by atoms with van der Waals surface area (Å²) in [6.07, 6.45) is 3.79. The van der Waals surface area contributed by atoms with Crippen LogP contribution in [0.3, 0.4) is 0 Å². The van der Waals surface area contributed by atoms with Gasteiger partial charge in [0.1, 0.15) is 0 Å². The van der Waals surface area contributed by atoms with Gasteiger partial charge in [-0.25, -0.2) is 4.98 Å². The van der Waals surface area contributed by atoms with Gasteiger partial charge in [-0.15, -0.1) is 0 Å². The zero-order chi connectivity index (χ0) is 14.8. The SMILES string of the molecule is c1ccc2cc(CCc3cnc4ccccc4n3)ccc2c1. The van der Waals surface area contributed by atoms with Gasteiger partial charge in [0, 0.05) is 6.20 Å². The molecule has 0 unspecified atom stereocenters. The molecule has 1 aromatic heterocycles. The van der Waals surface area contributed by atoms with Crippen molar-refractivity contribution in [1.29, 1.82) is 0 Å². The largest absolute Gasteiger partial charge is 0.253 e. The van der Waals surface area contributed by atoms with Gasteiger partial charge in [-0.3, -0.25) is 4.98 Å². The second kappa shape index (κ2) is 5.57. The van der Waals surface area contributed by atoms with Crippen LogP contribution in [0.25, 0.3) is 21.8 Å². The minimum Gasteiger partial charge on any atom is -0.253 e. The van der Waals surface area contributed by atoms with Crippen molar-refractivity contribution < 1.29 is 0 Å². The van der Waals surface area contributed by atoms with Gasteiger partial charge >= 0.3 is 0 Å². The molecular weight excluding hydrogens is 268 g/mol. The summed E-state index contributed by atoms with van der Waals surface area (Å²) in [5, 5.41) is 2.58. The van der Waals surface area contributed by atoms with E-state index in [2.05, 4.69) is 47.4 Å². The van der Waals surface area contributed by atoms with Gasteiger partial charge in [0.15, 0.2) is 0 Å². The first-order chi connectivity index (χ1) is 10.9. The van der Waals surface area contributed by atoms with E-state index in [1.54, 1.807) is 0 Å². The first kappa shape index (κ1) is 13.0. The van der Waals surface area contributed by atoms with Crippen molar-refractivity contribution in [2.45, 2.75) is 12.8 Å². The van der Waals surface area contributed by atoms with Crippen LogP contribution >= 0.6 is 0 Å². The molecule has 0 aliphatic heterocycles. The zero-order valence-corrected chi connectivity index (χ0v) is 12.2. The molecular formula is C20H16N2. The molecule has 2 nitrogen and oxygen atoms in total. The smallest absolute Gasteiger partial charge is 0.0890 e. The van der Waals surface area contributed by atoms with Gasteiger partial charge < -0.3 is 0 Å². The summed E-state index contributed by atoms with van der Waals surface area (Å²) in [7, 11) is 0. The topological polar surface area (TPSA) is 25.8 Å². The molecule has 106 valence electrons. The normalized spacial score (nSPS) is 11.1. The van der Waals surface area contributed by atoms with Crippen LogP contribution in [0.2, 0.25) is 0 Å². The van der Waals surface area contributed by atoms with E-state index in [0.29, 0.717) is 0 Å². The van der Waals surface area contributed by atoms with Gasteiger partial charge in [0.05, 0.1) is 16.7 Å². The zero-order valence-electron chi connectivity index (χ0n) is 12.2. The average molecular weight is 284 g/mol. The van der Waals surface area contributed by atoms with Crippen LogP contribution < -0.4 is 0 Å². The van der Waals surface area contributed by atoms with Crippen LogP contribution in [0.5, 0.6) is 0 Å². The number of para-hydroxylation sites is 2. The molecule has 0 amide bonds. The van der Waals surface area contributed by atoms with Crippen molar-refractivity contribution >= 4 is 21.8 Å². The van der Waals surface area contributed by atoms with E-state index < -0.39 is 0 Å². The Morgan fingerprint density at radius 2 is 1.45 bits per heavy atom. The van der Waals surface area contributed by atoms with Gasteiger partial charge in [0.25, 0.3) is 0 Å². The van der Waals surface area contributed by atoms with E-state index in [1.807, 2.05) is 30.5 Å². The minimum atomic E-state index is 0.913. The highest BCUT2D eigenvalue weighted by Gasteiger charge is 2.01. The lowest BCUT2D eigenvalue weighted by Crippen LogP contribution is -1.96. The van der Waals surface area contributed by atoms with Gasteiger partial charge in [0.2, 0.25) is 0 Å². The monoisotopic (exact) mass is 284 g/mol. The quantitative estimate of drug-likeness (QED) is 0.551. The van der Waals surface area contributed by atoms with Crippen molar-refractivity contribution in [2.75, 3.05) is 0 Å². The molecule has 0 saturated heterocycles. The standard InChI is InChI=1S/C20H16N2/c1-2-6-17-13-15(9-11-16(17)5-1)10-12-18-14-21-19-7-3-4-8-20(19)22-18/h1-9,11,13-14H,10,12H2. The van der Waals surface area contributed by atoms with Crippen molar-refractivity contribution in [3.8, 4) is 0 Å². The third kappa shape index (κ3) is 2.56. The van der Waals surface area contributed by atoms with Gasteiger partial charge in [-0.05, 0) is 41.3 Å². The lowest BCUT2D eigenvalue weighted by atomic mass is 10.0. The molecule has 3 aromatic carbocycles. The molecule has 0 aliphatic rings. The van der Waals surface area contributed by atoms with Crippen LogP contribution in [0.4, 0.5) is 0 Å². The first-order valence-corrected chi connectivity index (χ1v) is 7.57. The van der Waals surface area contributed by atoms with E-state index in [-0.39, 0.29) is 0 Å². The predicted octanol–water partition coefficient (Wildman–Crippen LogP) is 4.57. The first-order valence-electron chi connectivity index (χ1n) is 7.57. The van der Waals surface area contributed by atoms with E-state index in [1.165, 1.54) is 16.3 Å². The molecule has 0 N–H and O–H groups in total. The molecule has 22 heavy (non-hydrogen) atoms. The molecule has 4 aromatic rings. The Bertz CT molecular complexity index is 865. The van der Waals surface area contributed by atoms with Crippen molar-refractivity contribution in [3.05, 3.63) is 84.2 Å². The summed E-state index contributed by atoms with van der Waals surface area (Å²) >= 11 is 0. The summed E-state index contributed by atoms with van der Waals surface area (Å²) < 4.78 is 0. The minimum absolute atomic E-state index is 0.913. The number of nitrogens with zero attached hydrogens (tertiary/aromatic N) is 2. The highest BCUT2D eigenvalue weighted by Crippen LogP contribution is 2.17. The Balaban J connectivity index is 1.57. The number of rotatable bonds is 3. The van der Waals surface area contributed by atoms with Crippen molar-refractivity contribution in [1.82, 2.24) is 9.97 Å². The second-order valence-corrected chi connectivity index (χ2v) is 5.53. The molecule has 0 bridgehead atoms. The third-order valence-corrected chi connectivity index (χ3v) is 3.98. The summed E-state index contributed by atoms with van der Waals surface area (Å²) in [4.78, 5) is 9.17. The molecule has 2 heteroatoms. The van der Waals surface area contributed by atoms with E-state index in [4.69, 9.17) is 4.98 Å². The fraction of sp³-hybridized carbons (Fsp3) is 0.100. The molecule has 4 rings (SSSR count). The van der Waals surface area contributed by atoms with E-state index in [0.717, 1.165) is 29.6 Å². The summed E-state index contributed by atoms with van der Waals surface area (Å²) in [5.74, 6) is 0. The van der Waals surface area contributed by atoms with Crippen LogP contribution in [0.15, 0.2) is 72.9 Å². The lowest BCUT2D eigenvalue weighted by Gasteiger charge is -2.05. The highest BCUT2D eigenvalue weighted by molar-refractivity contribution is 5.83. The predicted molar refractivity (Wildman–Crippen MR) is 90.9 cm³/mol. The molecule has 0 saturated carbocycles. The Labute approximate surface area is 129 Å². The molecule has 1 heterocycles. The van der Waals surface area contributed by atoms with Crippen LogP contribution in [0.1, 0.15) is 11.3 Å². The van der Waals surface area contributed by atoms with E-state index >= 15 is 0 Å². The maximum Gasteiger partial charge on any atom is 0.0890 e. The maximum atomic E-state index is 4.69. The van der Waals surface area contributed by atoms with Crippen LogP contribution in [0, 0.1) is 0 Å². The Morgan fingerprint density at radius 1 is 0.682 bits per heavy atom. The molecule has 0 aliphatic carbocycles.